The predicted octanol–water partition coefficient (Wildman–Crippen LogP) is 2.00. The molecule has 0 aromatic rings. The fourth-order valence-electron chi connectivity index (χ4n) is 1.50. The summed E-state index contributed by atoms with van der Waals surface area (Å²) in [6.45, 7) is 10.1. The van der Waals surface area contributed by atoms with Crippen molar-refractivity contribution in [2.75, 3.05) is 33.0 Å². The smallest absolute Gasteiger partial charge is 0.107 e. The highest BCUT2D eigenvalue weighted by molar-refractivity contribution is 4.83. The van der Waals surface area contributed by atoms with Gasteiger partial charge in [-0.15, -0.1) is 6.42 Å². The van der Waals surface area contributed by atoms with Crippen molar-refractivity contribution >= 4 is 0 Å². The Kier molecular flexibility index (Phi) is 9.03. The molecule has 0 amide bonds. The third-order valence-corrected chi connectivity index (χ3v) is 2.82. The van der Waals surface area contributed by atoms with Crippen LogP contribution in [0.1, 0.15) is 40.5 Å². The van der Waals surface area contributed by atoms with E-state index >= 15 is 0 Å². The highest BCUT2D eigenvalue weighted by Gasteiger charge is 2.20. The maximum Gasteiger partial charge on any atom is 0.107 e. The molecule has 0 heterocycles. The fraction of sp³-hybridized carbons (Fsp3) is 0.867. The van der Waals surface area contributed by atoms with Crippen molar-refractivity contribution in [2.45, 2.75) is 51.7 Å². The van der Waals surface area contributed by atoms with Crippen LogP contribution in [0.5, 0.6) is 0 Å². The molecule has 0 spiro atoms. The minimum Gasteiger partial charge on any atom is -0.396 e. The van der Waals surface area contributed by atoms with Crippen LogP contribution in [0.15, 0.2) is 0 Å². The lowest BCUT2D eigenvalue weighted by Gasteiger charge is -2.28. The number of aliphatic hydroxyl groups excluding tert-OH is 1. The van der Waals surface area contributed by atoms with E-state index in [0.717, 1.165) is 6.42 Å². The molecule has 0 aliphatic rings. The van der Waals surface area contributed by atoms with Crippen LogP contribution in [0.25, 0.3) is 0 Å². The van der Waals surface area contributed by atoms with Crippen LogP contribution in [-0.4, -0.2) is 49.3 Å². The normalized spacial score (nSPS) is 12.4. The van der Waals surface area contributed by atoms with E-state index in [-0.39, 0.29) is 17.8 Å². The predicted molar refractivity (Wildman–Crippen MR) is 76.0 cm³/mol. The summed E-state index contributed by atoms with van der Waals surface area (Å²) in [5.41, 5.74) is -0.558. The molecular weight excluding hydrogens is 244 g/mol. The molecule has 0 aromatic carbocycles. The second-order valence-corrected chi connectivity index (χ2v) is 5.70. The molecule has 0 aromatic heterocycles. The third kappa shape index (κ3) is 11.0. The Morgan fingerprint density at radius 1 is 0.947 bits per heavy atom. The first-order valence-electron chi connectivity index (χ1n) is 6.73. The van der Waals surface area contributed by atoms with E-state index in [1.165, 1.54) is 0 Å². The van der Waals surface area contributed by atoms with Gasteiger partial charge in [-0.1, -0.05) is 5.92 Å². The van der Waals surface area contributed by atoms with Crippen LogP contribution < -0.4 is 0 Å². The second-order valence-electron chi connectivity index (χ2n) is 5.70. The van der Waals surface area contributed by atoms with Crippen LogP contribution in [0.3, 0.4) is 0 Å². The molecule has 4 nitrogen and oxygen atoms in total. The molecule has 0 atom stereocenters. The quantitative estimate of drug-likeness (QED) is 0.461. The molecule has 0 rings (SSSR count). The maximum atomic E-state index is 8.89. The molecule has 0 aliphatic carbocycles. The van der Waals surface area contributed by atoms with Gasteiger partial charge in [-0.3, -0.25) is 0 Å². The highest BCUT2D eigenvalue weighted by Crippen LogP contribution is 2.16. The van der Waals surface area contributed by atoms with Crippen molar-refractivity contribution in [3.63, 3.8) is 0 Å². The fourth-order valence-corrected chi connectivity index (χ4v) is 1.50. The van der Waals surface area contributed by atoms with Crippen LogP contribution in [-0.2, 0) is 14.2 Å². The number of hydrogen-bond acceptors (Lipinski definition) is 4. The first kappa shape index (κ1) is 18.4. The highest BCUT2D eigenvalue weighted by atomic mass is 16.5. The molecule has 0 saturated carbocycles. The Balaban J connectivity index is 3.71. The molecule has 0 aliphatic heterocycles. The lowest BCUT2D eigenvalue weighted by molar-refractivity contribution is -0.0960. The summed E-state index contributed by atoms with van der Waals surface area (Å²) in [6.07, 6.45) is 6.51. The number of rotatable bonds is 11. The van der Waals surface area contributed by atoms with E-state index in [1.807, 2.05) is 27.7 Å². The topological polar surface area (TPSA) is 47.9 Å². The zero-order valence-electron chi connectivity index (χ0n) is 12.7. The first-order chi connectivity index (χ1) is 8.83. The number of hydrogen-bond donors (Lipinski definition) is 1. The zero-order chi connectivity index (χ0) is 14.8. The summed E-state index contributed by atoms with van der Waals surface area (Å²) in [5.74, 6) is 2.43. The van der Waals surface area contributed by atoms with E-state index in [9.17, 15) is 0 Å². The molecule has 0 unspecified atom stereocenters. The van der Waals surface area contributed by atoms with Crippen molar-refractivity contribution < 1.29 is 19.3 Å². The molecule has 0 bridgehead atoms. The average molecular weight is 272 g/mol. The molecule has 112 valence electrons. The standard InChI is InChI=1S/C15H28O4/c1-6-10-17-11-8-15(4,5)19-13-12-18-14(2,3)7-9-16/h1,16H,7-13H2,2-5H3. The van der Waals surface area contributed by atoms with Crippen LogP contribution in [0.2, 0.25) is 0 Å². The summed E-state index contributed by atoms with van der Waals surface area (Å²) in [6, 6.07) is 0. The van der Waals surface area contributed by atoms with Crippen molar-refractivity contribution in [1.29, 1.82) is 0 Å². The van der Waals surface area contributed by atoms with Gasteiger partial charge in [0.15, 0.2) is 0 Å². The zero-order valence-corrected chi connectivity index (χ0v) is 12.7. The molecule has 19 heavy (non-hydrogen) atoms. The van der Waals surface area contributed by atoms with Gasteiger partial charge in [0.05, 0.1) is 31.0 Å². The Labute approximate surface area is 117 Å². The first-order valence-corrected chi connectivity index (χ1v) is 6.73. The Hall–Kier alpha value is -0.600. The summed E-state index contributed by atoms with van der Waals surface area (Å²) in [5, 5.41) is 8.89. The van der Waals surface area contributed by atoms with E-state index in [1.54, 1.807) is 0 Å². The largest absolute Gasteiger partial charge is 0.396 e. The van der Waals surface area contributed by atoms with Gasteiger partial charge in [-0.25, -0.2) is 0 Å². The van der Waals surface area contributed by atoms with Gasteiger partial charge < -0.3 is 19.3 Å². The van der Waals surface area contributed by atoms with Gasteiger partial charge in [-0.2, -0.15) is 0 Å². The monoisotopic (exact) mass is 272 g/mol. The van der Waals surface area contributed by atoms with Gasteiger partial charge in [0.2, 0.25) is 0 Å². The summed E-state index contributed by atoms with van der Waals surface area (Å²) in [7, 11) is 0. The van der Waals surface area contributed by atoms with Crippen molar-refractivity contribution in [1.82, 2.24) is 0 Å². The SMILES string of the molecule is C#CCOCCC(C)(C)OCCOC(C)(C)CCO. The van der Waals surface area contributed by atoms with Crippen LogP contribution >= 0.6 is 0 Å². The third-order valence-electron chi connectivity index (χ3n) is 2.82. The Morgan fingerprint density at radius 3 is 1.95 bits per heavy atom. The molecule has 0 saturated heterocycles. The molecule has 4 heteroatoms. The number of ether oxygens (including phenoxy) is 3. The van der Waals surface area contributed by atoms with Crippen molar-refractivity contribution in [3.8, 4) is 12.3 Å². The number of terminal acetylenes is 1. The lowest BCUT2D eigenvalue weighted by atomic mass is 10.1. The van der Waals surface area contributed by atoms with Gasteiger partial charge in [0, 0.05) is 6.61 Å². The summed E-state index contributed by atoms with van der Waals surface area (Å²) < 4.78 is 16.7. The summed E-state index contributed by atoms with van der Waals surface area (Å²) in [4.78, 5) is 0. The van der Waals surface area contributed by atoms with E-state index < -0.39 is 0 Å². The second kappa shape index (κ2) is 9.33. The number of aliphatic hydroxyl groups is 1. The van der Waals surface area contributed by atoms with Crippen molar-refractivity contribution in [2.24, 2.45) is 0 Å². The molecule has 0 fully saturated rings. The minimum absolute atomic E-state index is 0.131. The van der Waals surface area contributed by atoms with Gasteiger partial charge in [-0.05, 0) is 40.5 Å². The van der Waals surface area contributed by atoms with Crippen LogP contribution in [0.4, 0.5) is 0 Å². The Morgan fingerprint density at radius 2 is 1.47 bits per heavy atom. The summed E-state index contributed by atoms with van der Waals surface area (Å²) >= 11 is 0. The van der Waals surface area contributed by atoms with E-state index in [2.05, 4.69) is 5.92 Å². The molecule has 0 radical (unpaired) electrons. The maximum absolute atomic E-state index is 8.89. The van der Waals surface area contributed by atoms with Gasteiger partial charge in [0.1, 0.15) is 6.61 Å². The van der Waals surface area contributed by atoms with E-state index in [4.69, 9.17) is 25.7 Å². The van der Waals surface area contributed by atoms with E-state index in [0.29, 0.717) is 32.8 Å². The Bertz CT molecular complexity index is 266. The minimum atomic E-state index is -0.307. The van der Waals surface area contributed by atoms with Crippen LogP contribution in [0, 0.1) is 12.3 Å². The van der Waals surface area contributed by atoms with Gasteiger partial charge in [0.25, 0.3) is 0 Å². The van der Waals surface area contributed by atoms with Crippen molar-refractivity contribution in [3.05, 3.63) is 0 Å². The lowest BCUT2D eigenvalue weighted by Crippen LogP contribution is -2.31. The average Bonchev–Trinajstić information content (AvgIpc) is 2.30. The van der Waals surface area contributed by atoms with Gasteiger partial charge >= 0.3 is 0 Å². The molecule has 1 N–H and O–H groups in total. The molecular formula is C15H28O4.